The Morgan fingerprint density at radius 2 is 1.94 bits per heavy atom. The molecule has 0 saturated heterocycles. The van der Waals surface area contributed by atoms with Crippen LogP contribution in [0.5, 0.6) is 11.5 Å². The highest BCUT2D eigenvalue weighted by atomic mass is 16.6. The monoisotopic (exact) mass is 233 g/mol. The van der Waals surface area contributed by atoms with E-state index in [2.05, 4.69) is 19.1 Å². The van der Waals surface area contributed by atoms with E-state index >= 15 is 0 Å². The summed E-state index contributed by atoms with van der Waals surface area (Å²) in [7, 11) is 0. The largest absolute Gasteiger partial charge is 0.486 e. The van der Waals surface area contributed by atoms with Gasteiger partial charge in [0.2, 0.25) is 0 Å². The van der Waals surface area contributed by atoms with Crippen molar-refractivity contribution in [3.05, 3.63) is 23.8 Å². The number of hydrogen-bond donors (Lipinski definition) is 1. The van der Waals surface area contributed by atoms with E-state index in [1.165, 1.54) is 5.56 Å². The zero-order valence-electron chi connectivity index (χ0n) is 10.2. The predicted octanol–water partition coefficient (Wildman–Crippen LogP) is 2.44. The third kappa shape index (κ3) is 1.89. The fourth-order valence-electron chi connectivity index (χ4n) is 2.74. The van der Waals surface area contributed by atoms with Gasteiger partial charge in [-0.1, -0.05) is 13.0 Å². The number of ether oxygens (including phenoxy) is 2. The van der Waals surface area contributed by atoms with Gasteiger partial charge in [-0.05, 0) is 37.0 Å². The summed E-state index contributed by atoms with van der Waals surface area (Å²) < 4.78 is 11.2. The summed E-state index contributed by atoms with van der Waals surface area (Å²) in [6.45, 7) is 3.49. The maximum Gasteiger partial charge on any atom is 0.161 e. The average Bonchev–Trinajstić information content (AvgIpc) is 3.09. The van der Waals surface area contributed by atoms with E-state index in [0.717, 1.165) is 30.8 Å². The summed E-state index contributed by atoms with van der Waals surface area (Å²) in [6, 6.07) is 6.25. The first-order valence-electron chi connectivity index (χ1n) is 6.41. The maximum atomic E-state index is 6.34. The van der Waals surface area contributed by atoms with Crippen molar-refractivity contribution < 1.29 is 9.47 Å². The van der Waals surface area contributed by atoms with Crippen molar-refractivity contribution in [1.82, 2.24) is 0 Å². The highest BCUT2D eigenvalue weighted by Gasteiger charge is 2.45. The lowest BCUT2D eigenvalue weighted by Gasteiger charge is -2.25. The van der Waals surface area contributed by atoms with Crippen LogP contribution in [-0.2, 0) is 0 Å². The third-order valence-corrected chi connectivity index (χ3v) is 3.90. The molecule has 1 atom stereocenters. The zero-order chi connectivity index (χ0) is 11.9. The molecule has 2 aliphatic rings. The van der Waals surface area contributed by atoms with Gasteiger partial charge in [-0.15, -0.1) is 0 Å². The molecule has 1 aromatic carbocycles. The van der Waals surface area contributed by atoms with E-state index in [0.29, 0.717) is 19.1 Å². The molecule has 3 heteroatoms. The minimum absolute atomic E-state index is 0.0263. The van der Waals surface area contributed by atoms with E-state index in [4.69, 9.17) is 15.2 Å². The summed E-state index contributed by atoms with van der Waals surface area (Å²) >= 11 is 0. The van der Waals surface area contributed by atoms with Gasteiger partial charge in [0, 0.05) is 11.5 Å². The molecular weight excluding hydrogens is 214 g/mol. The molecule has 0 aromatic heterocycles. The molecule has 0 radical (unpaired) electrons. The Morgan fingerprint density at radius 1 is 1.24 bits per heavy atom. The van der Waals surface area contributed by atoms with Gasteiger partial charge in [-0.25, -0.2) is 0 Å². The van der Waals surface area contributed by atoms with Crippen LogP contribution in [0.25, 0.3) is 0 Å². The Hall–Kier alpha value is -1.22. The van der Waals surface area contributed by atoms with Crippen LogP contribution in [0.4, 0.5) is 0 Å². The average molecular weight is 233 g/mol. The van der Waals surface area contributed by atoms with Gasteiger partial charge in [0.05, 0.1) is 0 Å². The number of rotatable bonds is 3. The van der Waals surface area contributed by atoms with E-state index in [1.807, 2.05) is 6.07 Å². The van der Waals surface area contributed by atoms with Crippen LogP contribution in [-0.4, -0.2) is 18.8 Å². The lowest BCUT2D eigenvalue weighted by atomic mass is 9.87. The van der Waals surface area contributed by atoms with Crippen LogP contribution in [0, 0.1) is 0 Å². The number of hydrogen-bond acceptors (Lipinski definition) is 3. The van der Waals surface area contributed by atoms with E-state index in [9.17, 15) is 0 Å². The smallest absolute Gasteiger partial charge is 0.161 e. The van der Waals surface area contributed by atoms with Crippen LogP contribution in [0.3, 0.4) is 0 Å². The van der Waals surface area contributed by atoms with Gasteiger partial charge in [0.1, 0.15) is 13.2 Å². The minimum atomic E-state index is 0.0263. The fraction of sp³-hybridized carbons (Fsp3) is 0.571. The molecule has 3 nitrogen and oxygen atoms in total. The first-order valence-corrected chi connectivity index (χ1v) is 6.41. The van der Waals surface area contributed by atoms with Gasteiger partial charge in [0.25, 0.3) is 0 Å². The first kappa shape index (κ1) is 10.9. The van der Waals surface area contributed by atoms with Crippen molar-refractivity contribution >= 4 is 0 Å². The Morgan fingerprint density at radius 3 is 2.59 bits per heavy atom. The normalized spacial score (nSPS) is 22.0. The summed E-state index contributed by atoms with van der Waals surface area (Å²) in [5, 5.41) is 0. The van der Waals surface area contributed by atoms with Gasteiger partial charge >= 0.3 is 0 Å². The zero-order valence-corrected chi connectivity index (χ0v) is 10.2. The number of benzene rings is 1. The van der Waals surface area contributed by atoms with Crippen molar-refractivity contribution in [1.29, 1.82) is 0 Å². The highest BCUT2D eigenvalue weighted by Crippen LogP contribution is 2.48. The molecule has 2 N–H and O–H groups in total. The molecular formula is C14H19NO2. The number of nitrogens with two attached hydrogens (primary N) is 1. The summed E-state index contributed by atoms with van der Waals surface area (Å²) in [6.07, 6.45) is 3.36. The van der Waals surface area contributed by atoms with Crippen LogP contribution >= 0.6 is 0 Å². The molecule has 1 unspecified atom stereocenters. The number of fused-ring (bicyclic) bond motifs is 1. The molecule has 92 valence electrons. The molecule has 0 spiro atoms. The Bertz CT molecular complexity index is 426. The second-order valence-electron chi connectivity index (χ2n) is 5.10. The van der Waals surface area contributed by atoms with Crippen LogP contribution in [0.15, 0.2) is 18.2 Å². The molecule has 1 saturated carbocycles. The van der Waals surface area contributed by atoms with Crippen LogP contribution in [0.1, 0.15) is 37.7 Å². The Kier molecular flexibility index (Phi) is 2.51. The molecule has 1 fully saturated rings. The molecule has 0 amide bonds. The highest BCUT2D eigenvalue weighted by molar-refractivity contribution is 5.45. The third-order valence-electron chi connectivity index (χ3n) is 3.90. The SMILES string of the molecule is CCC(c1ccc2c(c1)OCCO2)C1(N)CC1. The van der Waals surface area contributed by atoms with E-state index in [1.54, 1.807) is 0 Å². The van der Waals surface area contributed by atoms with Crippen LogP contribution in [0.2, 0.25) is 0 Å². The van der Waals surface area contributed by atoms with Crippen molar-refractivity contribution in [2.45, 2.75) is 37.6 Å². The molecule has 17 heavy (non-hydrogen) atoms. The Labute approximate surface area is 102 Å². The standard InChI is InChI=1S/C14H19NO2/c1-2-11(14(15)5-6-14)10-3-4-12-13(9-10)17-8-7-16-12/h3-4,9,11H,2,5-8,15H2,1H3. The molecule has 0 bridgehead atoms. The van der Waals surface area contributed by atoms with Crippen LogP contribution < -0.4 is 15.2 Å². The van der Waals surface area contributed by atoms with Gasteiger partial charge in [-0.2, -0.15) is 0 Å². The topological polar surface area (TPSA) is 44.5 Å². The summed E-state index contributed by atoms with van der Waals surface area (Å²) in [4.78, 5) is 0. The maximum absolute atomic E-state index is 6.34. The Balaban J connectivity index is 1.92. The fourth-order valence-corrected chi connectivity index (χ4v) is 2.74. The van der Waals surface area contributed by atoms with Crippen molar-refractivity contribution in [3.8, 4) is 11.5 Å². The van der Waals surface area contributed by atoms with Gasteiger partial charge < -0.3 is 15.2 Å². The first-order chi connectivity index (χ1) is 8.23. The summed E-state index contributed by atoms with van der Waals surface area (Å²) in [5.74, 6) is 2.17. The lowest BCUT2D eigenvalue weighted by molar-refractivity contribution is 0.171. The van der Waals surface area contributed by atoms with Gasteiger partial charge in [0.15, 0.2) is 11.5 Å². The van der Waals surface area contributed by atoms with Crippen molar-refractivity contribution in [2.75, 3.05) is 13.2 Å². The molecule has 1 aliphatic carbocycles. The minimum Gasteiger partial charge on any atom is -0.486 e. The van der Waals surface area contributed by atoms with E-state index in [-0.39, 0.29) is 5.54 Å². The second kappa shape index (κ2) is 3.91. The molecule has 1 aliphatic heterocycles. The quantitative estimate of drug-likeness (QED) is 0.872. The second-order valence-corrected chi connectivity index (χ2v) is 5.10. The van der Waals surface area contributed by atoms with Crippen molar-refractivity contribution in [2.24, 2.45) is 5.73 Å². The predicted molar refractivity (Wildman–Crippen MR) is 66.6 cm³/mol. The lowest BCUT2D eigenvalue weighted by Crippen LogP contribution is -2.30. The van der Waals surface area contributed by atoms with Gasteiger partial charge in [-0.3, -0.25) is 0 Å². The van der Waals surface area contributed by atoms with E-state index < -0.39 is 0 Å². The van der Waals surface area contributed by atoms with Crippen molar-refractivity contribution in [3.63, 3.8) is 0 Å². The summed E-state index contributed by atoms with van der Waals surface area (Å²) in [5.41, 5.74) is 7.65. The molecule has 1 aromatic rings. The molecule has 3 rings (SSSR count). The molecule has 1 heterocycles.